The van der Waals surface area contributed by atoms with Crippen LogP contribution in [0.15, 0.2) is 67.4 Å². The lowest BCUT2D eigenvalue weighted by molar-refractivity contribution is -0.128. The molecule has 0 bridgehead atoms. The summed E-state index contributed by atoms with van der Waals surface area (Å²) < 4.78 is 12.3. The van der Waals surface area contributed by atoms with Gasteiger partial charge in [-0.3, -0.25) is 4.79 Å². The molecule has 1 heterocycles. The van der Waals surface area contributed by atoms with Gasteiger partial charge in [0.1, 0.15) is 17.0 Å². The molecule has 31 heavy (non-hydrogen) atoms. The Hall–Kier alpha value is -3.87. The zero-order valence-corrected chi connectivity index (χ0v) is 17.8. The summed E-state index contributed by atoms with van der Waals surface area (Å²) in [7, 11) is 1.57. The smallest absolute Gasteiger partial charge is 0.342 e. The molecular formula is C24H25N3O4. The molecule has 1 aromatic heterocycles. The second kappa shape index (κ2) is 9.75. The molecule has 0 aliphatic carbocycles. The summed E-state index contributed by atoms with van der Waals surface area (Å²) in [5.41, 5.74) is 3.29. The molecular weight excluding hydrogens is 394 g/mol. The quantitative estimate of drug-likeness (QED) is 0.445. The Balaban J connectivity index is 1.98. The number of aryl methyl sites for hydroxylation is 1. The van der Waals surface area contributed by atoms with Crippen molar-refractivity contribution in [2.45, 2.75) is 20.0 Å². The van der Waals surface area contributed by atoms with Crippen LogP contribution in [0.25, 0.3) is 16.9 Å². The lowest BCUT2D eigenvalue weighted by Gasteiger charge is -2.12. The standard InChI is InChI=1S/C24H25N3O4/c1-5-13-25-23(28)17(3)31-24(29)21-15-27(19-11-9-16(2)10-12-19)26-22(21)18-7-6-8-20(14-18)30-4/h5-12,14-15,17H,1,13H2,2-4H3,(H,25,28)/t17-/m1/s1. The Kier molecular flexibility index (Phi) is 6.87. The highest BCUT2D eigenvalue weighted by Crippen LogP contribution is 2.27. The highest BCUT2D eigenvalue weighted by Gasteiger charge is 2.24. The third-order valence-electron chi connectivity index (χ3n) is 4.65. The number of amides is 1. The van der Waals surface area contributed by atoms with E-state index in [1.54, 1.807) is 30.1 Å². The number of methoxy groups -OCH3 is 1. The van der Waals surface area contributed by atoms with Crippen LogP contribution in [0.3, 0.4) is 0 Å². The van der Waals surface area contributed by atoms with E-state index >= 15 is 0 Å². The first-order valence-electron chi connectivity index (χ1n) is 9.83. The van der Waals surface area contributed by atoms with Crippen LogP contribution in [0.1, 0.15) is 22.8 Å². The largest absolute Gasteiger partial charge is 0.497 e. The number of hydrogen-bond acceptors (Lipinski definition) is 5. The molecule has 3 rings (SSSR count). The first-order chi connectivity index (χ1) is 14.9. The molecule has 0 radical (unpaired) electrons. The zero-order chi connectivity index (χ0) is 22.4. The maximum absolute atomic E-state index is 13.0. The number of benzene rings is 2. The topological polar surface area (TPSA) is 82.5 Å². The summed E-state index contributed by atoms with van der Waals surface area (Å²) in [4.78, 5) is 25.1. The molecule has 160 valence electrons. The second-order valence-corrected chi connectivity index (χ2v) is 6.98. The van der Waals surface area contributed by atoms with E-state index in [0.29, 0.717) is 23.6 Å². The number of carbonyl (C=O) groups is 2. The Labute approximate surface area is 181 Å². The number of esters is 1. The molecule has 0 spiro atoms. The Morgan fingerprint density at radius 1 is 1.23 bits per heavy atom. The van der Waals surface area contributed by atoms with Gasteiger partial charge in [-0.05, 0) is 38.1 Å². The van der Waals surface area contributed by atoms with Gasteiger partial charge in [0, 0.05) is 18.3 Å². The van der Waals surface area contributed by atoms with Crippen LogP contribution in [0.5, 0.6) is 5.75 Å². The van der Waals surface area contributed by atoms with Crippen molar-refractivity contribution in [1.82, 2.24) is 15.1 Å². The fourth-order valence-corrected chi connectivity index (χ4v) is 2.93. The van der Waals surface area contributed by atoms with Gasteiger partial charge in [0.2, 0.25) is 0 Å². The van der Waals surface area contributed by atoms with Crippen molar-refractivity contribution in [3.8, 4) is 22.7 Å². The summed E-state index contributed by atoms with van der Waals surface area (Å²) in [6.45, 7) is 7.36. The summed E-state index contributed by atoms with van der Waals surface area (Å²) in [6.07, 6.45) is 2.20. The van der Waals surface area contributed by atoms with Crippen molar-refractivity contribution in [1.29, 1.82) is 0 Å². The number of rotatable bonds is 8. The van der Waals surface area contributed by atoms with E-state index in [-0.39, 0.29) is 5.56 Å². The van der Waals surface area contributed by atoms with Gasteiger partial charge in [-0.15, -0.1) is 6.58 Å². The summed E-state index contributed by atoms with van der Waals surface area (Å²) in [6, 6.07) is 15.0. The molecule has 2 aromatic carbocycles. The minimum Gasteiger partial charge on any atom is -0.497 e. The van der Waals surface area contributed by atoms with E-state index in [2.05, 4.69) is 17.0 Å². The van der Waals surface area contributed by atoms with Gasteiger partial charge < -0.3 is 14.8 Å². The lowest BCUT2D eigenvalue weighted by Crippen LogP contribution is -2.35. The molecule has 0 fully saturated rings. The van der Waals surface area contributed by atoms with Gasteiger partial charge in [0.25, 0.3) is 5.91 Å². The van der Waals surface area contributed by atoms with Gasteiger partial charge in [-0.2, -0.15) is 5.10 Å². The molecule has 7 heteroatoms. The van der Waals surface area contributed by atoms with E-state index in [9.17, 15) is 9.59 Å². The Bertz CT molecular complexity index is 1090. The number of nitrogens with one attached hydrogen (secondary N) is 1. The predicted molar refractivity (Wildman–Crippen MR) is 118 cm³/mol. The fraction of sp³-hybridized carbons (Fsp3) is 0.208. The molecule has 1 N–H and O–H groups in total. The predicted octanol–water partition coefficient (Wildman–Crippen LogP) is 3.70. The molecule has 0 aliphatic rings. The number of carbonyl (C=O) groups excluding carboxylic acids is 2. The van der Waals surface area contributed by atoms with Crippen LogP contribution < -0.4 is 10.1 Å². The maximum atomic E-state index is 13.0. The number of ether oxygens (including phenoxy) is 2. The van der Waals surface area contributed by atoms with Crippen molar-refractivity contribution in [2.75, 3.05) is 13.7 Å². The van der Waals surface area contributed by atoms with Gasteiger partial charge in [0.05, 0.1) is 12.8 Å². The van der Waals surface area contributed by atoms with Crippen molar-refractivity contribution in [2.24, 2.45) is 0 Å². The van der Waals surface area contributed by atoms with Crippen molar-refractivity contribution >= 4 is 11.9 Å². The third kappa shape index (κ3) is 5.19. The van der Waals surface area contributed by atoms with Crippen molar-refractivity contribution in [3.63, 3.8) is 0 Å². The number of aromatic nitrogens is 2. The first kappa shape index (κ1) is 21.8. The Morgan fingerprint density at radius 3 is 2.65 bits per heavy atom. The first-order valence-corrected chi connectivity index (χ1v) is 9.83. The normalized spacial score (nSPS) is 11.5. The number of hydrogen-bond donors (Lipinski definition) is 1. The highest BCUT2D eigenvalue weighted by molar-refractivity contribution is 5.97. The number of nitrogens with zero attached hydrogens (tertiary/aromatic N) is 2. The van der Waals surface area contributed by atoms with E-state index in [1.807, 2.05) is 49.4 Å². The average Bonchev–Trinajstić information content (AvgIpc) is 3.23. The third-order valence-corrected chi connectivity index (χ3v) is 4.65. The van der Waals surface area contributed by atoms with E-state index in [1.165, 1.54) is 6.92 Å². The molecule has 0 unspecified atom stereocenters. The monoisotopic (exact) mass is 419 g/mol. The van der Waals surface area contributed by atoms with Crippen molar-refractivity contribution < 1.29 is 19.1 Å². The molecule has 3 aromatic rings. The van der Waals surface area contributed by atoms with Gasteiger partial charge in [-0.25, -0.2) is 9.48 Å². The van der Waals surface area contributed by atoms with Gasteiger partial charge >= 0.3 is 5.97 Å². The van der Waals surface area contributed by atoms with E-state index < -0.39 is 18.0 Å². The second-order valence-electron chi connectivity index (χ2n) is 6.98. The van der Waals surface area contributed by atoms with Crippen LogP contribution in [-0.4, -0.2) is 41.4 Å². The molecule has 7 nitrogen and oxygen atoms in total. The zero-order valence-electron chi connectivity index (χ0n) is 17.8. The summed E-state index contributed by atoms with van der Waals surface area (Å²) in [5, 5.41) is 7.24. The van der Waals surface area contributed by atoms with Gasteiger partial charge in [0.15, 0.2) is 6.10 Å². The van der Waals surface area contributed by atoms with Gasteiger partial charge in [-0.1, -0.05) is 35.9 Å². The minimum atomic E-state index is -0.965. The summed E-state index contributed by atoms with van der Waals surface area (Å²) >= 11 is 0. The minimum absolute atomic E-state index is 0.247. The highest BCUT2D eigenvalue weighted by atomic mass is 16.5. The summed E-state index contributed by atoms with van der Waals surface area (Å²) in [5.74, 6) is -0.404. The molecule has 0 saturated carbocycles. The average molecular weight is 419 g/mol. The molecule has 1 atom stereocenters. The maximum Gasteiger partial charge on any atom is 0.342 e. The van der Waals surface area contributed by atoms with Crippen LogP contribution >= 0.6 is 0 Å². The van der Waals surface area contributed by atoms with Crippen LogP contribution in [-0.2, 0) is 9.53 Å². The Morgan fingerprint density at radius 2 is 1.97 bits per heavy atom. The van der Waals surface area contributed by atoms with Crippen LogP contribution in [0.2, 0.25) is 0 Å². The molecule has 1 amide bonds. The van der Waals surface area contributed by atoms with Crippen LogP contribution in [0, 0.1) is 6.92 Å². The SMILES string of the molecule is C=CCNC(=O)[C@@H](C)OC(=O)c1cn(-c2ccc(C)cc2)nc1-c1cccc(OC)c1. The lowest BCUT2D eigenvalue weighted by atomic mass is 10.1. The van der Waals surface area contributed by atoms with Crippen LogP contribution in [0.4, 0.5) is 0 Å². The van der Waals surface area contributed by atoms with E-state index in [0.717, 1.165) is 11.3 Å². The van der Waals surface area contributed by atoms with Crippen molar-refractivity contribution in [3.05, 3.63) is 78.5 Å². The fourth-order valence-electron chi connectivity index (χ4n) is 2.93. The van der Waals surface area contributed by atoms with E-state index in [4.69, 9.17) is 9.47 Å². The molecule has 0 aliphatic heterocycles. The molecule has 0 saturated heterocycles.